The number of carbonyl (C=O) groups excluding carboxylic acids is 3. The second-order valence-electron chi connectivity index (χ2n) is 6.20. The van der Waals surface area contributed by atoms with Gasteiger partial charge in [-0.25, -0.2) is 0 Å². The van der Waals surface area contributed by atoms with E-state index in [2.05, 4.69) is 10.9 Å². The summed E-state index contributed by atoms with van der Waals surface area (Å²) in [5, 5.41) is 0.632. The van der Waals surface area contributed by atoms with E-state index in [-0.39, 0.29) is 30.4 Å². The predicted molar refractivity (Wildman–Crippen MR) is 117 cm³/mol. The number of carbonyl (C=O) groups is 3. The Morgan fingerprint density at radius 2 is 1.72 bits per heavy atom. The van der Waals surface area contributed by atoms with E-state index in [9.17, 15) is 14.4 Å². The average molecular weight is 450 g/mol. The summed E-state index contributed by atoms with van der Waals surface area (Å²) in [6.45, 7) is 0.626. The lowest BCUT2D eigenvalue weighted by Crippen LogP contribution is -2.43. The van der Waals surface area contributed by atoms with Crippen molar-refractivity contribution in [2.75, 3.05) is 23.0 Å². The highest BCUT2D eigenvalue weighted by molar-refractivity contribution is 8.00. The fraction of sp³-hybridized carbons (Fsp3) is 0.250. The summed E-state index contributed by atoms with van der Waals surface area (Å²) >= 11 is 8.88. The summed E-state index contributed by atoms with van der Waals surface area (Å²) in [6.07, 6.45) is 0.0927. The van der Waals surface area contributed by atoms with E-state index in [1.807, 2.05) is 36.4 Å². The molecule has 0 aromatic heterocycles. The summed E-state index contributed by atoms with van der Waals surface area (Å²) in [6, 6.07) is 14.9. The van der Waals surface area contributed by atoms with Crippen molar-refractivity contribution in [1.82, 2.24) is 10.9 Å². The highest BCUT2D eigenvalue weighted by Crippen LogP contribution is 2.34. The molecule has 0 radical (unpaired) electrons. The van der Waals surface area contributed by atoms with Crippen LogP contribution in [0, 0.1) is 0 Å². The van der Waals surface area contributed by atoms with E-state index in [0.29, 0.717) is 11.6 Å². The first-order valence-corrected chi connectivity index (χ1v) is 11.4. The van der Waals surface area contributed by atoms with Crippen LogP contribution in [-0.4, -0.2) is 35.8 Å². The zero-order valence-electron chi connectivity index (χ0n) is 15.5. The quantitative estimate of drug-likeness (QED) is 0.521. The fourth-order valence-electron chi connectivity index (χ4n) is 2.70. The number of para-hydroxylation sites is 1. The molecule has 1 aliphatic rings. The van der Waals surface area contributed by atoms with Crippen molar-refractivity contribution in [3.05, 3.63) is 53.6 Å². The second-order valence-corrected chi connectivity index (χ2v) is 8.82. The van der Waals surface area contributed by atoms with Gasteiger partial charge in [0.1, 0.15) is 0 Å². The van der Waals surface area contributed by atoms with Crippen molar-refractivity contribution in [3.63, 3.8) is 0 Å². The first-order valence-electron chi connectivity index (χ1n) is 9.01. The van der Waals surface area contributed by atoms with Crippen molar-refractivity contribution >= 4 is 58.5 Å². The van der Waals surface area contributed by atoms with Crippen LogP contribution in [-0.2, 0) is 14.4 Å². The number of benzene rings is 2. The third kappa shape index (κ3) is 6.42. The summed E-state index contributed by atoms with van der Waals surface area (Å²) < 4.78 is 0. The van der Waals surface area contributed by atoms with Crippen LogP contribution in [0.5, 0.6) is 0 Å². The molecule has 0 saturated carbocycles. The Morgan fingerprint density at radius 3 is 2.52 bits per heavy atom. The lowest BCUT2D eigenvalue weighted by Gasteiger charge is -2.29. The Balaban J connectivity index is 1.38. The van der Waals surface area contributed by atoms with Gasteiger partial charge >= 0.3 is 0 Å². The molecule has 1 aliphatic heterocycles. The van der Waals surface area contributed by atoms with E-state index < -0.39 is 5.91 Å². The van der Waals surface area contributed by atoms with Gasteiger partial charge in [0.05, 0.1) is 11.4 Å². The summed E-state index contributed by atoms with van der Waals surface area (Å²) in [4.78, 5) is 40.1. The molecule has 0 saturated heterocycles. The van der Waals surface area contributed by atoms with Gasteiger partial charge in [0.15, 0.2) is 0 Å². The minimum Gasteiger partial charge on any atom is -0.310 e. The maximum Gasteiger partial charge on any atom is 0.248 e. The minimum absolute atomic E-state index is 0.00918. The molecule has 3 amide bonds. The van der Waals surface area contributed by atoms with Gasteiger partial charge in [-0.05, 0) is 36.4 Å². The van der Waals surface area contributed by atoms with Crippen LogP contribution >= 0.6 is 35.1 Å². The highest BCUT2D eigenvalue weighted by Gasteiger charge is 2.22. The van der Waals surface area contributed by atoms with Crippen LogP contribution in [0.3, 0.4) is 0 Å². The third-order valence-corrected chi connectivity index (χ3v) is 6.43. The van der Waals surface area contributed by atoms with Gasteiger partial charge in [-0.15, -0.1) is 23.5 Å². The topological polar surface area (TPSA) is 78.5 Å². The van der Waals surface area contributed by atoms with Gasteiger partial charge in [-0.3, -0.25) is 25.2 Å². The maximum absolute atomic E-state index is 12.5. The molecule has 2 aromatic rings. The molecule has 6 nitrogen and oxygen atoms in total. The molecule has 152 valence electrons. The monoisotopic (exact) mass is 449 g/mol. The fourth-order valence-corrected chi connectivity index (χ4v) is 4.52. The number of rotatable bonds is 6. The zero-order chi connectivity index (χ0) is 20.6. The number of anilines is 1. The van der Waals surface area contributed by atoms with Gasteiger partial charge in [-0.2, -0.15) is 0 Å². The number of hydrazine groups is 1. The predicted octanol–water partition coefficient (Wildman–Crippen LogP) is 3.50. The summed E-state index contributed by atoms with van der Waals surface area (Å²) in [5.41, 5.74) is 5.62. The number of nitrogens with one attached hydrogen (secondary N) is 2. The number of thioether (sulfide) groups is 2. The minimum atomic E-state index is -0.400. The molecule has 0 unspecified atom stereocenters. The van der Waals surface area contributed by atoms with E-state index in [1.165, 1.54) is 11.8 Å². The molecule has 1 heterocycles. The smallest absolute Gasteiger partial charge is 0.248 e. The zero-order valence-corrected chi connectivity index (χ0v) is 17.9. The van der Waals surface area contributed by atoms with Gasteiger partial charge in [-0.1, -0.05) is 23.7 Å². The van der Waals surface area contributed by atoms with Crippen LogP contribution in [0.2, 0.25) is 5.02 Å². The Bertz CT molecular complexity index is 893. The number of nitrogens with zero attached hydrogens (tertiary/aromatic N) is 1. The summed E-state index contributed by atoms with van der Waals surface area (Å²) in [7, 11) is 0. The van der Waals surface area contributed by atoms with Crippen LogP contribution in [0.25, 0.3) is 0 Å². The number of amides is 3. The maximum atomic E-state index is 12.5. The van der Waals surface area contributed by atoms with Gasteiger partial charge in [0.25, 0.3) is 0 Å². The van der Waals surface area contributed by atoms with Crippen LogP contribution in [0.4, 0.5) is 5.69 Å². The molecule has 0 atom stereocenters. The molecular weight excluding hydrogens is 430 g/mol. The Kier molecular flexibility index (Phi) is 7.85. The van der Waals surface area contributed by atoms with Crippen molar-refractivity contribution < 1.29 is 14.4 Å². The molecule has 9 heteroatoms. The third-order valence-electron chi connectivity index (χ3n) is 4.12. The largest absolute Gasteiger partial charge is 0.310 e. The van der Waals surface area contributed by atoms with Gasteiger partial charge in [0.2, 0.25) is 17.7 Å². The molecule has 0 fully saturated rings. The van der Waals surface area contributed by atoms with Crippen molar-refractivity contribution in [2.24, 2.45) is 0 Å². The van der Waals surface area contributed by atoms with Gasteiger partial charge < -0.3 is 4.90 Å². The number of fused-ring (bicyclic) bond motifs is 1. The lowest BCUT2D eigenvalue weighted by molar-refractivity contribution is -0.129. The van der Waals surface area contributed by atoms with Crippen LogP contribution < -0.4 is 15.8 Å². The molecule has 3 rings (SSSR count). The highest BCUT2D eigenvalue weighted by atomic mass is 35.5. The van der Waals surface area contributed by atoms with E-state index in [1.54, 1.807) is 28.8 Å². The molecule has 0 aliphatic carbocycles. The lowest BCUT2D eigenvalue weighted by atomic mass is 10.2. The van der Waals surface area contributed by atoms with E-state index >= 15 is 0 Å². The Morgan fingerprint density at radius 1 is 1.00 bits per heavy atom. The van der Waals surface area contributed by atoms with E-state index in [4.69, 9.17) is 11.6 Å². The second kappa shape index (κ2) is 10.6. The van der Waals surface area contributed by atoms with Crippen molar-refractivity contribution in [3.8, 4) is 0 Å². The molecule has 29 heavy (non-hydrogen) atoms. The molecule has 0 bridgehead atoms. The van der Waals surface area contributed by atoms with Crippen molar-refractivity contribution in [2.45, 2.75) is 22.6 Å². The summed E-state index contributed by atoms with van der Waals surface area (Å²) in [5.74, 6) is 0.159. The number of hydrogen-bond acceptors (Lipinski definition) is 5. The molecular formula is C20H20ClN3O3S2. The van der Waals surface area contributed by atoms with Gasteiger partial charge in [0, 0.05) is 40.0 Å². The van der Waals surface area contributed by atoms with Crippen molar-refractivity contribution in [1.29, 1.82) is 0 Å². The Labute approximate surface area is 182 Å². The first-order chi connectivity index (χ1) is 14.0. The van der Waals surface area contributed by atoms with Crippen LogP contribution in [0.1, 0.15) is 12.8 Å². The number of hydrogen-bond donors (Lipinski definition) is 2. The molecule has 2 N–H and O–H groups in total. The molecule has 0 spiro atoms. The Hall–Kier alpha value is -2.16. The average Bonchev–Trinajstić information content (AvgIpc) is 2.75. The standard InChI is InChI=1S/C20H20ClN3O3S2/c21-14-5-7-15(8-6-14)29-13-19(26)23-22-18(25)9-10-20(27)24-11-12-28-17-4-2-1-3-16(17)24/h1-8H,9-13H2,(H,22,25)(H,23,26). The normalized spacial score (nSPS) is 12.8. The number of halogens is 1. The first kappa shape index (κ1) is 21.5. The SMILES string of the molecule is O=C(CCC(=O)N1CCSc2ccccc21)NNC(=O)CSc1ccc(Cl)cc1. The molecule has 2 aromatic carbocycles. The van der Waals surface area contributed by atoms with E-state index in [0.717, 1.165) is 21.2 Å². The van der Waals surface area contributed by atoms with Crippen LogP contribution in [0.15, 0.2) is 58.3 Å².